The van der Waals surface area contributed by atoms with Crippen molar-refractivity contribution in [2.45, 2.75) is 18.9 Å². The van der Waals surface area contributed by atoms with Gasteiger partial charge < -0.3 is 15.5 Å². The van der Waals surface area contributed by atoms with Gasteiger partial charge >= 0.3 is 5.97 Å². The molecule has 4 rings (SSSR count). The van der Waals surface area contributed by atoms with Gasteiger partial charge in [0.2, 0.25) is 0 Å². The molecule has 1 unspecified atom stereocenters. The minimum Gasteiger partial charge on any atom is -0.505 e. The van der Waals surface area contributed by atoms with Crippen LogP contribution in [-0.2, 0) is 17.6 Å². The van der Waals surface area contributed by atoms with E-state index in [0.717, 1.165) is 11.1 Å². The zero-order valence-corrected chi connectivity index (χ0v) is 17.6. The van der Waals surface area contributed by atoms with E-state index in [4.69, 9.17) is 0 Å². The molecular formula is C26H22FN3O3. The molecule has 0 saturated heterocycles. The summed E-state index contributed by atoms with van der Waals surface area (Å²) in [6, 6.07) is 22.0. The fourth-order valence-electron chi connectivity index (χ4n) is 3.48. The van der Waals surface area contributed by atoms with Gasteiger partial charge in [-0.1, -0.05) is 60.7 Å². The molecule has 0 aliphatic carbocycles. The molecular weight excluding hydrogens is 421 g/mol. The summed E-state index contributed by atoms with van der Waals surface area (Å²) in [5, 5.41) is 22.3. The first-order chi connectivity index (χ1) is 16.0. The van der Waals surface area contributed by atoms with Gasteiger partial charge in [0.15, 0.2) is 11.6 Å². The topological polar surface area (TPSA) is 95.3 Å². The summed E-state index contributed by atoms with van der Waals surface area (Å²) < 4.78 is 13.9. The van der Waals surface area contributed by atoms with Crippen molar-refractivity contribution in [3.8, 4) is 17.0 Å². The van der Waals surface area contributed by atoms with Gasteiger partial charge in [0.1, 0.15) is 11.9 Å². The molecule has 7 heteroatoms. The van der Waals surface area contributed by atoms with Gasteiger partial charge in [-0.05, 0) is 29.3 Å². The smallest absolute Gasteiger partial charge is 0.326 e. The van der Waals surface area contributed by atoms with Crippen molar-refractivity contribution < 1.29 is 19.4 Å². The third-order valence-corrected chi connectivity index (χ3v) is 5.19. The van der Waals surface area contributed by atoms with Crippen LogP contribution in [0.1, 0.15) is 16.8 Å². The number of aliphatic carboxylic acids is 1. The predicted octanol–water partition coefficient (Wildman–Crippen LogP) is 4.69. The van der Waals surface area contributed by atoms with Crippen LogP contribution in [0.4, 0.5) is 10.2 Å². The van der Waals surface area contributed by atoms with Crippen molar-refractivity contribution in [2.24, 2.45) is 0 Å². The number of rotatable bonds is 8. The fourth-order valence-corrected chi connectivity index (χ4v) is 3.48. The number of hydrogen-bond acceptors (Lipinski definition) is 5. The Morgan fingerprint density at radius 2 is 1.64 bits per heavy atom. The van der Waals surface area contributed by atoms with Crippen LogP contribution >= 0.6 is 0 Å². The zero-order chi connectivity index (χ0) is 23.2. The molecule has 0 bridgehead atoms. The maximum absolute atomic E-state index is 13.9. The van der Waals surface area contributed by atoms with E-state index in [0.29, 0.717) is 29.2 Å². The number of benzene rings is 3. The molecule has 0 aliphatic rings. The lowest BCUT2D eigenvalue weighted by Crippen LogP contribution is -2.32. The maximum atomic E-state index is 13.9. The van der Waals surface area contributed by atoms with Gasteiger partial charge in [0, 0.05) is 18.4 Å². The fraction of sp³-hybridized carbons (Fsp3) is 0.115. The minimum atomic E-state index is -1.00. The van der Waals surface area contributed by atoms with E-state index in [-0.39, 0.29) is 6.42 Å². The van der Waals surface area contributed by atoms with Gasteiger partial charge in [-0.25, -0.2) is 19.2 Å². The van der Waals surface area contributed by atoms with Crippen LogP contribution in [-0.4, -0.2) is 32.2 Å². The third-order valence-electron chi connectivity index (χ3n) is 5.19. The quantitative estimate of drug-likeness (QED) is 0.366. The highest BCUT2D eigenvalue weighted by molar-refractivity contribution is 5.77. The molecule has 6 nitrogen and oxygen atoms in total. The number of phenolic OH excluding ortho intramolecular Hbond substituents is 1. The summed E-state index contributed by atoms with van der Waals surface area (Å²) in [6.07, 6.45) is 2.14. The summed E-state index contributed by atoms with van der Waals surface area (Å²) in [5.74, 6) is -1.85. The van der Waals surface area contributed by atoms with Crippen LogP contribution in [0.15, 0.2) is 85.1 Å². The van der Waals surface area contributed by atoms with Crippen molar-refractivity contribution in [3.05, 3.63) is 108 Å². The third kappa shape index (κ3) is 5.51. The second-order valence-corrected chi connectivity index (χ2v) is 7.60. The number of carboxylic acid groups (broad SMARTS) is 1. The molecule has 4 aromatic rings. The number of carbonyl (C=O) groups is 1. The molecule has 1 atom stereocenters. The number of aromatic nitrogens is 2. The molecule has 1 heterocycles. The Labute approximate surface area is 190 Å². The molecule has 0 aliphatic heterocycles. The first kappa shape index (κ1) is 22.0. The summed E-state index contributed by atoms with van der Waals surface area (Å²) >= 11 is 0. The van der Waals surface area contributed by atoms with Gasteiger partial charge in [-0.15, -0.1) is 0 Å². The second kappa shape index (κ2) is 9.91. The van der Waals surface area contributed by atoms with E-state index in [2.05, 4.69) is 15.3 Å². The number of hydrogen-bond donors (Lipinski definition) is 3. The van der Waals surface area contributed by atoms with Gasteiger partial charge in [-0.2, -0.15) is 0 Å². The van der Waals surface area contributed by atoms with E-state index < -0.39 is 23.6 Å². The Morgan fingerprint density at radius 1 is 0.970 bits per heavy atom. The Balaban J connectivity index is 1.69. The lowest BCUT2D eigenvalue weighted by Gasteiger charge is -2.18. The van der Waals surface area contributed by atoms with Crippen molar-refractivity contribution >= 4 is 11.8 Å². The zero-order valence-electron chi connectivity index (χ0n) is 17.6. The highest BCUT2D eigenvalue weighted by atomic mass is 19.1. The lowest BCUT2D eigenvalue weighted by molar-refractivity contribution is -0.137. The second-order valence-electron chi connectivity index (χ2n) is 7.60. The van der Waals surface area contributed by atoms with Gasteiger partial charge in [-0.3, -0.25) is 0 Å². The summed E-state index contributed by atoms with van der Waals surface area (Å²) in [5.41, 5.74) is 3.26. The van der Waals surface area contributed by atoms with Crippen LogP contribution in [0.25, 0.3) is 11.3 Å². The molecule has 3 N–H and O–H groups in total. The lowest BCUT2D eigenvalue weighted by atomic mass is 10.1. The normalized spacial score (nSPS) is 11.7. The average Bonchev–Trinajstić information content (AvgIpc) is 2.82. The first-order valence-corrected chi connectivity index (χ1v) is 10.4. The summed E-state index contributed by atoms with van der Waals surface area (Å²) in [6.45, 7) is 0. The molecule has 0 spiro atoms. The maximum Gasteiger partial charge on any atom is 0.326 e. The van der Waals surface area contributed by atoms with Crippen LogP contribution in [0.5, 0.6) is 5.75 Å². The number of carboxylic acids is 1. The number of anilines is 1. The van der Waals surface area contributed by atoms with Crippen molar-refractivity contribution in [1.82, 2.24) is 9.97 Å². The van der Waals surface area contributed by atoms with E-state index >= 15 is 0 Å². The van der Waals surface area contributed by atoms with Crippen molar-refractivity contribution in [2.75, 3.05) is 5.32 Å². The van der Waals surface area contributed by atoms with E-state index in [1.807, 2.05) is 60.7 Å². The summed E-state index contributed by atoms with van der Waals surface area (Å²) in [7, 11) is 0. The summed E-state index contributed by atoms with van der Waals surface area (Å²) in [4.78, 5) is 21.1. The molecule has 0 radical (unpaired) electrons. The van der Waals surface area contributed by atoms with E-state index in [9.17, 15) is 19.4 Å². The molecule has 166 valence electrons. The van der Waals surface area contributed by atoms with Crippen molar-refractivity contribution in [3.63, 3.8) is 0 Å². The highest BCUT2D eigenvalue weighted by Gasteiger charge is 2.21. The number of nitrogens with zero attached hydrogens (tertiary/aromatic N) is 2. The van der Waals surface area contributed by atoms with Gasteiger partial charge in [0.25, 0.3) is 0 Å². The monoisotopic (exact) mass is 443 g/mol. The van der Waals surface area contributed by atoms with Crippen LogP contribution < -0.4 is 5.32 Å². The molecule has 0 amide bonds. The number of halogens is 1. The number of nitrogens with one attached hydrogen (secondary N) is 1. The first-order valence-electron chi connectivity index (χ1n) is 10.4. The Kier molecular flexibility index (Phi) is 6.59. The largest absolute Gasteiger partial charge is 0.505 e. The predicted molar refractivity (Wildman–Crippen MR) is 124 cm³/mol. The molecule has 1 aromatic heterocycles. The highest BCUT2D eigenvalue weighted by Crippen LogP contribution is 2.26. The van der Waals surface area contributed by atoms with Crippen LogP contribution in [0, 0.1) is 5.82 Å². The Bertz CT molecular complexity index is 1250. The average molecular weight is 443 g/mol. The molecule has 3 aromatic carbocycles. The van der Waals surface area contributed by atoms with Gasteiger partial charge in [0.05, 0.1) is 17.6 Å². The minimum absolute atomic E-state index is 0.271. The Morgan fingerprint density at radius 3 is 2.27 bits per heavy atom. The number of phenols is 1. The molecule has 0 saturated carbocycles. The number of aromatic hydroxyl groups is 1. The standard InChI is InChI=1S/C26H22FN3O3/c27-20-15-19(11-12-24(20)31)23-16-28-25(21(29-23)13-17-7-3-1-4-8-17)30-22(26(32)33)14-18-9-5-2-6-10-18/h1-12,15-16,22,31H,13-14H2,(H,28,30)(H,32,33). The SMILES string of the molecule is O=C(O)C(Cc1ccccc1)Nc1ncc(-c2ccc(O)c(F)c2)nc1Cc1ccccc1. The Hall–Kier alpha value is -4.26. The van der Waals surface area contributed by atoms with E-state index in [1.165, 1.54) is 18.3 Å². The van der Waals surface area contributed by atoms with E-state index in [1.54, 1.807) is 6.07 Å². The molecule has 0 fully saturated rings. The van der Waals surface area contributed by atoms with Crippen LogP contribution in [0.3, 0.4) is 0 Å². The van der Waals surface area contributed by atoms with Crippen LogP contribution in [0.2, 0.25) is 0 Å². The molecule has 33 heavy (non-hydrogen) atoms. The van der Waals surface area contributed by atoms with Crippen molar-refractivity contribution in [1.29, 1.82) is 0 Å².